The van der Waals surface area contributed by atoms with E-state index in [-0.39, 0.29) is 28.9 Å². The standard InChI is InChI=1S/C25H33N5O5S2.C2HF3O2/c1-17-10-20(34-5)11-18(2)24(17)37(32,33)29(4)13-22-27-21(15-35-22)25(31)28(3)14-23-26-19(16-36-23)12-30-8-6-7-9-30;3-2(4,5)1(6)7/h10-11,15-16H,6-9,12-14H2,1-5H3;(H,6,7). The maximum atomic E-state index is 13.3. The molecule has 242 valence electrons. The molecule has 0 spiro atoms. The highest BCUT2D eigenvalue weighted by atomic mass is 32.2. The Hall–Kier alpha value is -3.54. The number of likely N-dealkylation sites (tertiary alicyclic amines) is 1. The van der Waals surface area contributed by atoms with Crippen molar-refractivity contribution < 1.29 is 45.4 Å². The van der Waals surface area contributed by atoms with E-state index in [2.05, 4.69) is 14.9 Å². The molecule has 44 heavy (non-hydrogen) atoms. The molecule has 0 aliphatic carbocycles. The number of carbonyl (C=O) groups excluding carboxylic acids is 1. The van der Waals surface area contributed by atoms with E-state index in [1.54, 1.807) is 33.0 Å². The summed E-state index contributed by atoms with van der Waals surface area (Å²) in [4.78, 5) is 34.9. The van der Waals surface area contributed by atoms with Crippen LogP contribution >= 0.6 is 11.3 Å². The Balaban J connectivity index is 0.000000676. The van der Waals surface area contributed by atoms with E-state index in [1.807, 2.05) is 5.38 Å². The number of alkyl halides is 3. The van der Waals surface area contributed by atoms with E-state index in [4.69, 9.17) is 19.1 Å². The Morgan fingerprint density at radius 1 is 1.11 bits per heavy atom. The monoisotopic (exact) mass is 661 g/mol. The van der Waals surface area contributed by atoms with Gasteiger partial charge in [-0.2, -0.15) is 17.5 Å². The van der Waals surface area contributed by atoms with Crippen LogP contribution in [0.3, 0.4) is 0 Å². The SMILES string of the molecule is COc1cc(C)c(S(=O)(=O)N(C)Cc2nc(C(=O)N(C)Cc3nc(CN4CCCC4)cs3)co2)c(C)c1.O=C(O)C(F)(F)F. The molecule has 1 fully saturated rings. The highest BCUT2D eigenvalue weighted by Crippen LogP contribution is 2.28. The number of ether oxygens (including phenoxy) is 1. The molecule has 1 saturated heterocycles. The number of aryl methyl sites for hydroxylation is 2. The van der Waals surface area contributed by atoms with Gasteiger partial charge in [0.25, 0.3) is 5.91 Å². The lowest BCUT2D eigenvalue weighted by molar-refractivity contribution is -0.192. The van der Waals surface area contributed by atoms with Gasteiger partial charge in [0.15, 0.2) is 5.69 Å². The number of benzene rings is 1. The predicted octanol–water partition coefficient (Wildman–Crippen LogP) is 4.08. The highest BCUT2D eigenvalue weighted by Gasteiger charge is 2.38. The van der Waals surface area contributed by atoms with Crippen molar-refractivity contribution in [3.8, 4) is 5.75 Å². The van der Waals surface area contributed by atoms with Gasteiger partial charge >= 0.3 is 12.1 Å². The first kappa shape index (κ1) is 34.9. The molecule has 0 atom stereocenters. The summed E-state index contributed by atoms with van der Waals surface area (Å²) in [6.45, 7) is 6.75. The van der Waals surface area contributed by atoms with Crippen LogP contribution in [0, 0.1) is 13.8 Å². The van der Waals surface area contributed by atoms with Gasteiger partial charge in [-0.25, -0.2) is 23.2 Å². The molecule has 2 aromatic heterocycles. The Labute approximate surface area is 257 Å². The van der Waals surface area contributed by atoms with Crippen LogP contribution in [-0.4, -0.2) is 89.9 Å². The van der Waals surface area contributed by atoms with Crippen molar-refractivity contribution in [2.45, 2.75) is 57.4 Å². The molecule has 0 unspecified atom stereocenters. The van der Waals surface area contributed by atoms with Crippen molar-refractivity contribution in [1.82, 2.24) is 24.1 Å². The van der Waals surface area contributed by atoms with Crippen molar-refractivity contribution in [2.24, 2.45) is 0 Å². The number of halogens is 3. The summed E-state index contributed by atoms with van der Waals surface area (Å²) in [6, 6.07) is 3.37. The van der Waals surface area contributed by atoms with Crippen LogP contribution in [0.15, 0.2) is 33.1 Å². The van der Waals surface area contributed by atoms with Gasteiger partial charge < -0.3 is 19.2 Å². The summed E-state index contributed by atoms with van der Waals surface area (Å²) in [7, 11) is 0.854. The zero-order chi connectivity index (χ0) is 32.8. The second-order valence-corrected chi connectivity index (χ2v) is 13.1. The number of aliphatic carboxylic acids is 1. The average molecular weight is 662 g/mol. The molecule has 1 aliphatic rings. The lowest BCUT2D eigenvalue weighted by atomic mass is 10.1. The van der Waals surface area contributed by atoms with Crippen LogP contribution in [0.5, 0.6) is 5.75 Å². The fourth-order valence-corrected chi connectivity index (χ4v) is 6.84. The number of thiazole rings is 1. The van der Waals surface area contributed by atoms with Crippen LogP contribution in [-0.2, 0) is 34.5 Å². The number of aromatic nitrogens is 2. The molecular formula is C27H34F3N5O7S2. The topological polar surface area (TPSA) is 146 Å². The third kappa shape index (κ3) is 8.99. The Morgan fingerprint density at radius 3 is 2.25 bits per heavy atom. The fraction of sp³-hybridized carbons (Fsp3) is 0.481. The molecule has 1 aliphatic heterocycles. The molecule has 17 heteroatoms. The van der Waals surface area contributed by atoms with Gasteiger partial charge in [0, 0.05) is 26.0 Å². The van der Waals surface area contributed by atoms with Crippen LogP contribution in [0.2, 0.25) is 0 Å². The lowest BCUT2D eigenvalue weighted by Crippen LogP contribution is -2.28. The largest absolute Gasteiger partial charge is 0.497 e. The first-order chi connectivity index (χ1) is 20.5. The van der Waals surface area contributed by atoms with Gasteiger partial charge in [-0.05, 0) is 63.0 Å². The Morgan fingerprint density at radius 2 is 1.70 bits per heavy atom. The quantitative estimate of drug-likeness (QED) is 0.337. The summed E-state index contributed by atoms with van der Waals surface area (Å²) >= 11 is 1.54. The Kier molecular flexibility index (Phi) is 11.5. The van der Waals surface area contributed by atoms with E-state index in [0.717, 1.165) is 34.6 Å². The molecular weight excluding hydrogens is 627 g/mol. The van der Waals surface area contributed by atoms with E-state index >= 15 is 0 Å². The van der Waals surface area contributed by atoms with Gasteiger partial charge in [0.05, 0.1) is 30.8 Å². The zero-order valence-electron chi connectivity index (χ0n) is 24.8. The number of hydrogen-bond donors (Lipinski definition) is 1. The van der Waals surface area contributed by atoms with E-state index in [0.29, 0.717) is 23.4 Å². The fourth-order valence-electron chi connectivity index (χ4n) is 4.48. The Bertz CT molecular complexity index is 1540. The van der Waals surface area contributed by atoms with Gasteiger partial charge in [-0.3, -0.25) is 9.69 Å². The van der Waals surface area contributed by atoms with Crippen molar-refractivity contribution >= 4 is 33.2 Å². The number of hydrogen-bond acceptors (Lipinski definition) is 10. The van der Waals surface area contributed by atoms with Crippen LogP contribution < -0.4 is 4.74 Å². The molecule has 3 aromatic rings. The number of oxazole rings is 1. The van der Waals surface area contributed by atoms with E-state index in [1.165, 1.54) is 49.5 Å². The van der Waals surface area contributed by atoms with Crippen LogP contribution in [0.4, 0.5) is 13.2 Å². The smallest absolute Gasteiger partial charge is 0.490 e. The summed E-state index contributed by atoms with van der Waals surface area (Å²) in [5.74, 6) is -2.35. The first-order valence-electron chi connectivity index (χ1n) is 13.3. The van der Waals surface area contributed by atoms with Crippen molar-refractivity contribution in [1.29, 1.82) is 0 Å². The maximum Gasteiger partial charge on any atom is 0.490 e. The van der Waals surface area contributed by atoms with Crippen molar-refractivity contribution in [3.63, 3.8) is 0 Å². The summed E-state index contributed by atoms with van der Waals surface area (Å²) in [6.07, 6.45) is -1.36. The van der Waals surface area contributed by atoms with Gasteiger partial charge in [-0.1, -0.05) is 0 Å². The normalized spacial score (nSPS) is 13.9. The summed E-state index contributed by atoms with van der Waals surface area (Å²) in [5.41, 5.74) is 2.31. The van der Waals surface area contributed by atoms with Gasteiger partial charge in [-0.15, -0.1) is 11.3 Å². The average Bonchev–Trinajstić information content (AvgIpc) is 3.71. The number of carbonyl (C=O) groups is 2. The van der Waals surface area contributed by atoms with Crippen molar-refractivity contribution in [2.75, 3.05) is 34.3 Å². The maximum absolute atomic E-state index is 13.3. The van der Waals surface area contributed by atoms with Crippen LogP contribution in [0.25, 0.3) is 0 Å². The number of sulfonamides is 1. The molecule has 12 nitrogen and oxygen atoms in total. The lowest BCUT2D eigenvalue weighted by Gasteiger charge is -2.19. The molecule has 0 radical (unpaired) electrons. The number of methoxy groups -OCH3 is 1. The summed E-state index contributed by atoms with van der Waals surface area (Å²) < 4.78 is 70.1. The molecule has 1 aromatic carbocycles. The number of amides is 1. The van der Waals surface area contributed by atoms with E-state index < -0.39 is 22.2 Å². The number of carboxylic acids is 1. The molecule has 3 heterocycles. The zero-order valence-corrected chi connectivity index (χ0v) is 26.5. The molecule has 1 N–H and O–H groups in total. The minimum Gasteiger partial charge on any atom is -0.497 e. The van der Waals surface area contributed by atoms with Gasteiger partial charge in [0.2, 0.25) is 15.9 Å². The molecule has 0 saturated carbocycles. The molecule has 0 bridgehead atoms. The van der Waals surface area contributed by atoms with E-state index in [9.17, 15) is 26.4 Å². The number of rotatable bonds is 10. The minimum atomic E-state index is -5.08. The second-order valence-electron chi connectivity index (χ2n) is 10.2. The second kappa shape index (κ2) is 14.5. The van der Waals surface area contributed by atoms with Crippen LogP contribution in [0.1, 0.15) is 51.0 Å². The highest BCUT2D eigenvalue weighted by molar-refractivity contribution is 7.89. The molecule has 1 amide bonds. The number of nitrogens with zero attached hydrogens (tertiary/aromatic N) is 5. The van der Waals surface area contributed by atoms with Gasteiger partial charge in [0.1, 0.15) is 17.0 Å². The third-order valence-corrected chi connectivity index (χ3v) is 9.60. The molecule has 4 rings (SSSR count). The first-order valence-corrected chi connectivity index (χ1v) is 15.6. The number of carboxylic acid groups (broad SMARTS) is 1. The third-order valence-electron chi connectivity index (χ3n) is 6.61. The minimum absolute atomic E-state index is 0.115. The van der Waals surface area contributed by atoms with Crippen molar-refractivity contribution in [3.05, 3.63) is 57.2 Å². The predicted molar refractivity (Wildman–Crippen MR) is 154 cm³/mol. The summed E-state index contributed by atoms with van der Waals surface area (Å²) in [5, 5.41) is 10.0.